The maximum absolute atomic E-state index is 12.3. The van der Waals surface area contributed by atoms with Crippen molar-refractivity contribution in [3.8, 4) is 0 Å². The Morgan fingerprint density at radius 2 is 2.00 bits per heavy atom. The van der Waals surface area contributed by atoms with Crippen molar-refractivity contribution in [1.82, 2.24) is 5.32 Å². The number of hydrogen-bond donors (Lipinski definition) is 1. The molecule has 2 aromatic rings. The molecule has 0 radical (unpaired) electrons. The van der Waals surface area contributed by atoms with Crippen molar-refractivity contribution in [2.75, 3.05) is 6.54 Å². The number of amides is 1. The first-order chi connectivity index (χ1) is 12.0. The Kier molecular flexibility index (Phi) is 5.17. The van der Waals surface area contributed by atoms with E-state index in [0.29, 0.717) is 18.5 Å². The van der Waals surface area contributed by atoms with Crippen LogP contribution in [0.2, 0.25) is 0 Å². The molecule has 4 heteroatoms. The molecule has 0 spiro atoms. The molecule has 1 unspecified atom stereocenters. The van der Waals surface area contributed by atoms with Crippen LogP contribution < -0.4 is 5.32 Å². The van der Waals surface area contributed by atoms with E-state index in [2.05, 4.69) is 37.4 Å². The fourth-order valence-corrected chi connectivity index (χ4v) is 3.21. The van der Waals surface area contributed by atoms with Gasteiger partial charge in [-0.05, 0) is 49.4 Å². The molecule has 1 aliphatic heterocycles. The third-order valence-corrected chi connectivity index (χ3v) is 4.60. The minimum absolute atomic E-state index is 0.219. The van der Waals surface area contributed by atoms with Crippen LogP contribution >= 0.6 is 0 Å². The van der Waals surface area contributed by atoms with E-state index >= 15 is 0 Å². The Labute approximate surface area is 148 Å². The smallest absolute Gasteiger partial charge is 0.339 e. The molecule has 2 aromatic carbocycles. The van der Waals surface area contributed by atoms with Crippen molar-refractivity contribution in [3.05, 3.63) is 70.3 Å². The van der Waals surface area contributed by atoms with Crippen molar-refractivity contribution >= 4 is 11.9 Å². The van der Waals surface area contributed by atoms with Crippen molar-refractivity contribution in [2.45, 2.75) is 39.2 Å². The summed E-state index contributed by atoms with van der Waals surface area (Å²) in [7, 11) is 0. The van der Waals surface area contributed by atoms with Gasteiger partial charge in [-0.25, -0.2) is 4.79 Å². The molecule has 0 aliphatic carbocycles. The lowest BCUT2D eigenvalue weighted by Crippen LogP contribution is -2.42. The quantitative estimate of drug-likeness (QED) is 0.674. The summed E-state index contributed by atoms with van der Waals surface area (Å²) in [5, 5.41) is 2.89. The van der Waals surface area contributed by atoms with Crippen LogP contribution in [0.3, 0.4) is 0 Å². The van der Waals surface area contributed by atoms with Gasteiger partial charge in [0.2, 0.25) is 0 Å². The summed E-state index contributed by atoms with van der Waals surface area (Å²) in [6.45, 7) is 4.77. The first kappa shape index (κ1) is 17.2. The largest absolute Gasteiger partial charge is 0.448 e. The van der Waals surface area contributed by atoms with Gasteiger partial charge < -0.3 is 10.1 Å². The molecule has 0 fully saturated rings. The predicted octanol–water partition coefficient (Wildman–Crippen LogP) is 3.13. The second-order valence-electron chi connectivity index (χ2n) is 6.58. The zero-order valence-electron chi connectivity index (χ0n) is 14.7. The molecular weight excluding hydrogens is 314 g/mol. The number of esters is 1. The number of fused-ring (bicyclic) bond motifs is 1. The van der Waals surface area contributed by atoms with Gasteiger partial charge >= 0.3 is 5.97 Å². The Morgan fingerprint density at radius 3 is 2.80 bits per heavy atom. The highest BCUT2D eigenvalue weighted by Gasteiger charge is 2.30. The van der Waals surface area contributed by atoms with E-state index in [4.69, 9.17) is 4.74 Å². The molecule has 1 amide bonds. The number of hydrogen-bond acceptors (Lipinski definition) is 3. The highest BCUT2D eigenvalue weighted by molar-refractivity contribution is 5.95. The Bertz CT molecular complexity index is 797. The topological polar surface area (TPSA) is 55.4 Å². The summed E-state index contributed by atoms with van der Waals surface area (Å²) < 4.78 is 5.27. The van der Waals surface area contributed by atoms with Crippen molar-refractivity contribution < 1.29 is 14.3 Å². The highest BCUT2D eigenvalue weighted by Crippen LogP contribution is 2.20. The first-order valence-corrected chi connectivity index (χ1v) is 8.67. The van der Waals surface area contributed by atoms with Gasteiger partial charge in [-0.15, -0.1) is 0 Å². The van der Waals surface area contributed by atoms with Gasteiger partial charge in [-0.3, -0.25) is 4.79 Å². The summed E-state index contributed by atoms with van der Waals surface area (Å²) in [5.41, 5.74) is 5.27. The van der Waals surface area contributed by atoms with Gasteiger partial charge in [0, 0.05) is 13.0 Å². The number of aryl methyl sites for hydroxylation is 3. The fraction of sp³-hybridized carbons (Fsp3) is 0.333. The predicted molar refractivity (Wildman–Crippen MR) is 96.6 cm³/mol. The van der Waals surface area contributed by atoms with E-state index in [-0.39, 0.29) is 5.91 Å². The van der Waals surface area contributed by atoms with E-state index < -0.39 is 12.1 Å². The van der Waals surface area contributed by atoms with Crippen LogP contribution in [0.4, 0.5) is 0 Å². The normalized spacial score (nSPS) is 16.1. The van der Waals surface area contributed by atoms with Gasteiger partial charge in [0.25, 0.3) is 5.91 Å². The first-order valence-electron chi connectivity index (χ1n) is 8.67. The molecule has 1 aliphatic rings. The van der Waals surface area contributed by atoms with Crippen LogP contribution in [0.25, 0.3) is 0 Å². The zero-order chi connectivity index (χ0) is 17.8. The second kappa shape index (κ2) is 7.51. The number of ether oxygens (including phenoxy) is 1. The second-order valence-corrected chi connectivity index (χ2v) is 6.58. The third-order valence-electron chi connectivity index (χ3n) is 4.60. The molecule has 4 nitrogen and oxygen atoms in total. The molecule has 0 aromatic heterocycles. The maximum atomic E-state index is 12.3. The monoisotopic (exact) mass is 337 g/mol. The SMILES string of the molecule is Cc1ccc(CCCNC(=O)C2Cc3ccccc3C(=O)O2)c(C)c1. The van der Waals surface area contributed by atoms with Gasteiger partial charge in [0.1, 0.15) is 0 Å². The van der Waals surface area contributed by atoms with Crippen molar-refractivity contribution in [3.63, 3.8) is 0 Å². The number of rotatable bonds is 5. The minimum Gasteiger partial charge on any atom is -0.448 e. The maximum Gasteiger partial charge on any atom is 0.339 e. The lowest BCUT2D eigenvalue weighted by atomic mass is 9.98. The van der Waals surface area contributed by atoms with E-state index in [1.165, 1.54) is 16.7 Å². The average molecular weight is 337 g/mol. The standard InChI is InChI=1S/C21H23NO3/c1-14-9-10-16(15(2)12-14)7-5-11-22-20(23)19-13-17-6-3-4-8-18(17)21(24)25-19/h3-4,6,8-10,12,19H,5,7,11,13H2,1-2H3,(H,22,23). The summed E-state index contributed by atoms with van der Waals surface area (Å²) in [6, 6.07) is 13.7. The Morgan fingerprint density at radius 1 is 1.20 bits per heavy atom. The molecule has 3 rings (SSSR count). The van der Waals surface area contributed by atoms with Crippen LogP contribution in [-0.4, -0.2) is 24.5 Å². The van der Waals surface area contributed by atoms with Crippen LogP contribution in [0.5, 0.6) is 0 Å². The van der Waals surface area contributed by atoms with Crippen LogP contribution in [0.1, 0.15) is 39.0 Å². The Balaban J connectivity index is 1.49. The summed E-state index contributed by atoms with van der Waals surface area (Å²) in [6.07, 6.45) is 1.47. The molecule has 1 atom stereocenters. The number of cyclic esters (lactones) is 1. The van der Waals surface area contributed by atoms with E-state index in [1.807, 2.05) is 12.1 Å². The molecule has 25 heavy (non-hydrogen) atoms. The highest BCUT2D eigenvalue weighted by atomic mass is 16.5. The van der Waals surface area contributed by atoms with Gasteiger partial charge in [-0.1, -0.05) is 42.0 Å². The van der Waals surface area contributed by atoms with Crippen LogP contribution in [0, 0.1) is 13.8 Å². The Hall–Kier alpha value is -2.62. The number of benzene rings is 2. The van der Waals surface area contributed by atoms with Gasteiger partial charge in [-0.2, -0.15) is 0 Å². The van der Waals surface area contributed by atoms with Crippen molar-refractivity contribution in [2.24, 2.45) is 0 Å². The molecule has 1 N–H and O–H groups in total. The minimum atomic E-state index is -0.733. The number of carbonyl (C=O) groups is 2. The van der Waals surface area contributed by atoms with Crippen LogP contribution in [-0.2, 0) is 22.4 Å². The van der Waals surface area contributed by atoms with Gasteiger partial charge in [0.15, 0.2) is 6.10 Å². The van der Waals surface area contributed by atoms with Crippen molar-refractivity contribution in [1.29, 1.82) is 0 Å². The molecular formula is C21H23NO3. The van der Waals surface area contributed by atoms with E-state index in [1.54, 1.807) is 12.1 Å². The molecule has 130 valence electrons. The number of carbonyl (C=O) groups excluding carboxylic acids is 2. The molecule has 1 heterocycles. The zero-order valence-corrected chi connectivity index (χ0v) is 14.7. The number of nitrogens with one attached hydrogen (secondary N) is 1. The van der Waals surface area contributed by atoms with E-state index in [9.17, 15) is 9.59 Å². The van der Waals surface area contributed by atoms with E-state index in [0.717, 1.165) is 18.4 Å². The summed E-state index contributed by atoms with van der Waals surface area (Å²) in [5.74, 6) is -0.638. The molecule has 0 saturated carbocycles. The summed E-state index contributed by atoms with van der Waals surface area (Å²) in [4.78, 5) is 24.3. The summed E-state index contributed by atoms with van der Waals surface area (Å²) >= 11 is 0. The third kappa shape index (κ3) is 4.08. The average Bonchev–Trinajstić information content (AvgIpc) is 2.60. The van der Waals surface area contributed by atoms with Gasteiger partial charge in [0.05, 0.1) is 5.56 Å². The fourth-order valence-electron chi connectivity index (χ4n) is 3.21. The molecule has 0 saturated heterocycles. The lowest BCUT2D eigenvalue weighted by Gasteiger charge is -2.23. The molecule has 0 bridgehead atoms. The van der Waals surface area contributed by atoms with Crippen LogP contribution in [0.15, 0.2) is 42.5 Å². The lowest BCUT2D eigenvalue weighted by molar-refractivity contribution is -0.130.